The number of nitrogens with one attached hydrogen (secondary N) is 1. The van der Waals surface area contributed by atoms with Gasteiger partial charge in [-0.15, -0.1) is 0 Å². The summed E-state index contributed by atoms with van der Waals surface area (Å²) in [5.74, 6) is -1.28. The van der Waals surface area contributed by atoms with Gasteiger partial charge in [0.1, 0.15) is 0 Å². The molecule has 33 heavy (non-hydrogen) atoms. The zero-order chi connectivity index (χ0) is 23.2. The van der Waals surface area contributed by atoms with Crippen LogP contribution in [0.25, 0.3) is 16.6 Å². The SMILES string of the molecule is C=C(NC(=O)c1cccc2ccn(CCOCc3ccccc3)c12)c1ccc(C(=O)O)cc1. The normalized spacial score (nSPS) is 10.8. The molecule has 4 aromatic rings. The highest BCUT2D eigenvalue weighted by Crippen LogP contribution is 2.22. The molecule has 166 valence electrons. The van der Waals surface area contributed by atoms with Crippen LogP contribution < -0.4 is 5.32 Å². The molecule has 6 heteroatoms. The second-order valence-corrected chi connectivity index (χ2v) is 7.61. The van der Waals surface area contributed by atoms with E-state index in [1.54, 1.807) is 18.2 Å². The van der Waals surface area contributed by atoms with Crippen LogP contribution in [0.15, 0.2) is 91.6 Å². The molecule has 1 heterocycles. The predicted octanol–water partition coefficient (Wildman–Crippen LogP) is 4.96. The first kappa shape index (κ1) is 22.0. The maximum absolute atomic E-state index is 13.1. The molecule has 3 aromatic carbocycles. The minimum Gasteiger partial charge on any atom is -0.478 e. The molecule has 0 unspecified atom stereocenters. The van der Waals surface area contributed by atoms with Crippen molar-refractivity contribution < 1.29 is 19.4 Å². The smallest absolute Gasteiger partial charge is 0.335 e. The molecule has 0 aliphatic carbocycles. The number of benzene rings is 3. The van der Waals surface area contributed by atoms with E-state index in [9.17, 15) is 9.59 Å². The van der Waals surface area contributed by atoms with Crippen LogP contribution in [-0.4, -0.2) is 28.2 Å². The zero-order valence-corrected chi connectivity index (χ0v) is 18.0. The van der Waals surface area contributed by atoms with Crippen LogP contribution in [0.1, 0.15) is 31.8 Å². The predicted molar refractivity (Wildman–Crippen MR) is 128 cm³/mol. The van der Waals surface area contributed by atoms with E-state index in [1.165, 1.54) is 12.1 Å². The number of hydrogen-bond acceptors (Lipinski definition) is 3. The van der Waals surface area contributed by atoms with Crippen molar-refractivity contribution in [3.05, 3.63) is 114 Å². The number of para-hydroxylation sites is 1. The van der Waals surface area contributed by atoms with Crippen LogP contribution in [0.5, 0.6) is 0 Å². The van der Waals surface area contributed by atoms with E-state index >= 15 is 0 Å². The van der Waals surface area contributed by atoms with Gasteiger partial charge in [-0.25, -0.2) is 4.79 Å². The topological polar surface area (TPSA) is 80.6 Å². The lowest BCUT2D eigenvalue weighted by Crippen LogP contribution is -2.22. The highest BCUT2D eigenvalue weighted by atomic mass is 16.5. The van der Waals surface area contributed by atoms with Crippen LogP contribution in [0.4, 0.5) is 0 Å². The second-order valence-electron chi connectivity index (χ2n) is 7.61. The van der Waals surface area contributed by atoms with Gasteiger partial charge in [-0.2, -0.15) is 0 Å². The van der Waals surface area contributed by atoms with Gasteiger partial charge in [0.2, 0.25) is 0 Å². The van der Waals surface area contributed by atoms with Crippen LogP contribution in [-0.2, 0) is 17.9 Å². The highest BCUT2D eigenvalue weighted by Gasteiger charge is 2.15. The molecule has 0 atom stereocenters. The van der Waals surface area contributed by atoms with E-state index in [-0.39, 0.29) is 11.5 Å². The Kier molecular flexibility index (Phi) is 6.66. The Morgan fingerprint density at radius 3 is 2.36 bits per heavy atom. The average molecular weight is 440 g/mol. The summed E-state index contributed by atoms with van der Waals surface area (Å²) >= 11 is 0. The Morgan fingerprint density at radius 1 is 0.909 bits per heavy atom. The summed E-state index contributed by atoms with van der Waals surface area (Å²) in [6.07, 6.45) is 1.95. The molecule has 1 amide bonds. The summed E-state index contributed by atoms with van der Waals surface area (Å²) in [6.45, 7) is 5.59. The number of rotatable bonds is 9. The van der Waals surface area contributed by atoms with E-state index in [2.05, 4.69) is 11.9 Å². The molecular weight excluding hydrogens is 416 g/mol. The van der Waals surface area contributed by atoms with Crippen molar-refractivity contribution >= 4 is 28.5 Å². The second kappa shape index (κ2) is 9.97. The van der Waals surface area contributed by atoms with E-state index in [1.807, 2.05) is 59.3 Å². The van der Waals surface area contributed by atoms with Crippen molar-refractivity contribution in [2.45, 2.75) is 13.2 Å². The summed E-state index contributed by atoms with van der Waals surface area (Å²) < 4.78 is 7.83. The number of aromatic nitrogens is 1. The van der Waals surface area contributed by atoms with Gasteiger partial charge >= 0.3 is 5.97 Å². The zero-order valence-electron chi connectivity index (χ0n) is 18.0. The third kappa shape index (κ3) is 5.19. The molecule has 0 saturated heterocycles. The maximum atomic E-state index is 13.1. The molecule has 0 bridgehead atoms. The molecule has 0 saturated carbocycles. The van der Waals surface area contributed by atoms with E-state index in [0.717, 1.165) is 16.5 Å². The standard InChI is InChI=1S/C27H24N2O4/c1-19(21-10-12-23(13-11-21)27(31)32)28-26(30)24-9-5-8-22-14-15-29(25(22)24)16-17-33-18-20-6-3-2-4-7-20/h2-15H,1,16-18H2,(H,28,30)(H,31,32). The monoisotopic (exact) mass is 440 g/mol. The van der Waals surface area contributed by atoms with Crippen LogP contribution >= 0.6 is 0 Å². The van der Waals surface area contributed by atoms with Gasteiger partial charge in [0, 0.05) is 23.8 Å². The first-order valence-electron chi connectivity index (χ1n) is 10.6. The largest absolute Gasteiger partial charge is 0.478 e. The molecule has 1 aromatic heterocycles. The Balaban J connectivity index is 1.45. The van der Waals surface area contributed by atoms with Gasteiger partial charge in [0.15, 0.2) is 0 Å². The van der Waals surface area contributed by atoms with Gasteiger partial charge in [-0.3, -0.25) is 4.79 Å². The van der Waals surface area contributed by atoms with E-state index in [0.29, 0.717) is 36.6 Å². The van der Waals surface area contributed by atoms with Gasteiger partial charge < -0.3 is 19.7 Å². The van der Waals surface area contributed by atoms with Crippen LogP contribution in [0.2, 0.25) is 0 Å². The van der Waals surface area contributed by atoms with Gasteiger partial charge in [-0.05, 0) is 35.4 Å². The quantitative estimate of drug-likeness (QED) is 0.361. The average Bonchev–Trinajstić information content (AvgIpc) is 3.25. The Hall–Kier alpha value is -4.16. The van der Waals surface area contributed by atoms with Crippen LogP contribution in [0, 0.1) is 0 Å². The molecule has 0 radical (unpaired) electrons. The highest BCUT2D eigenvalue weighted by molar-refractivity contribution is 6.08. The van der Waals surface area contributed by atoms with E-state index in [4.69, 9.17) is 9.84 Å². The number of hydrogen-bond donors (Lipinski definition) is 2. The molecule has 4 rings (SSSR count). The van der Waals surface area contributed by atoms with Crippen molar-refractivity contribution in [2.75, 3.05) is 6.61 Å². The van der Waals surface area contributed by atoms with Crippen molar-refractivity contribution in [3.8, 4) is 0 Å². The molecule has 0 aliphatic rings. The number of nitrogens with zero attached hydrogens (tertiary/aromatic N) is 1. The molecule has 0 spiro atoms. The number of ether oxygens (including phenoxy) is 1. The molecular formula is C27H24N2O4. The molecule has 2 N–H and O–H groups in total. The first-order chi connectivity index (χ1) is 16.0. The fourth-order valence-electron chi connectivity index (χ4n) is 3.65. The summed E-state index contributed by atoms with van der Waals surface area (Å²) in [4.78, 5) is 24.1. The lowest BCUT2D eigenvalue weighted by molar-refractivity contribution is 0.0696. The number of carboxylic acid groups (broad SMARTS) is 1. The van der Waals surface area contributed by atoms with Crippen molar-refractivity contribution in [3.63, 3.8) is 0 Å². The summed E-state index contributed by atoms with van der Waals surface area (Å²) in [5, 5.41) is 12.8. The summed E-state index contributed by atoms with van der Waals surface area (Å²) in [7, 11) is 0. The van der Waals surface area contributed by atoms with Crippen molar-refractivity contribution in [2.24, 2.45) is 0 Å². The van der Waals surface area contributed by atoms with Crippen LogP contribution in [0.3, 0.4) is 0 Å². The van der Waals surface area contributed by atoms with Crippen molar-refractivity contribution in [1.29, 1.82) is 0 Å². The third-order valence-corrected chi connectivity index (χ3v) is 5.37. The Labute approximate surface area is 191 Å². The van der Waals surface area contributed by atoms with Gasteiger partial charge in [0.25, 0.3) is 5.91 Å². The summed E-state index contributed by atoms with van der Waals surface area (Å²) in [5.41, 5.74) is 3.69. The third-order valence-electron chi connectivity index (χ3n) is 5.37. The maximum Gasteiger partial charge on any atom is 0.335 e. The number of carbonyl (C=O) groups is 2. The fraction of sp³-hybridized carbons (Fsp3) is 0.111. The first-order valence-corrected chi connectivity index (χ1v) is 10.6. The van der Waals surface area contributed by atoms with Gasteiger partial charge in [-0.1, -0.05) is 61.2 Å². The number of aromatic carboxylic acids is 1. The Bertz CT molecular complexity index is 1290. The van der Waals surface area contributed by atoms with Gasteiger partial charge in [0.05, 0.1) is 29.9 Å². The van der Waals surface area contributed by atoms with Crippen molar-refractivity contribution in [1.82, 2.24) is 9.88 Å². The lowest BCUT2D eigenvalue weighted by Gasteiger charge is -2.12. The fourth-order valence-corrected chi connectivity index (χ4v) is 3.65. The molecule has 6 nitrogen and oxygen atoms in total. The molecule has 0 fully saturated rings. The summed E-state index contributed by atoms with van der Waals surface area (Å²) in [6, 6.07) is 23.8. The number of amides is 1. The minimum atomic E-state index is -1.00. The Morgan fingerprint density at radius 2 is 1.64 bits per heavy atom. The lowest BCUT2D eigenvalue weighted by atomic mass is 10.1. The number of carbonyl (C=O) groups excluding carboxylic acids is 1. The van der Waals surface area contributed by atoms with E-state index < -0.39 is 5.97 Å². The molecule has 0 aliphatic heterocycles. The number of carboxylic acids is 1. The number of fused-ring (bicyclic) bond motifs is 1. The minimum absolute atomic E-state index is 0.176.